The summed E-state index contributed by atoms with van der Waals surface area (Å²) in [6, 6.07) is 0. The SMILES string of the molecule is CN1CC[C@@H](F)CCOC1. The molecule has 1 fully saturated rings. The molecule has 0 bridgehead atoms. The predicted octanol–water partition coefficient (Wildman–Crippen LogP) is 1.02. The second kappa shape index (κ2) is 3.88. The average Bonchev–Trinajstić information content (AvgIpc) is 1.90. The van der Waals surface area contributed by atoms with Gasteiger partial charge in [-0.1, -0.05) is 0 Å². The molecule has 0 spiro atoms. The van der Waals surface area contributed by atoms with Crippen LogP contribution in [0.5, 0.6) is 0 Å². The molecule has 0 amide bonds. The van der Waals surface area contributed by atoms with Crippen molar-refractivity contribution in [2.45, 2.75) is 19.0 Å². The zero-order valence-electron chi connectivity index (χ0n) is 6.35. The molecule has 0 saturated carbocycles. The molecule has 0 aliphatic carbocycles. The van der Waals surface area contributed by atoms with E-state index in [1.807, 2.05) is 11.9 Å². The highest BCUT2D eigenvalue weighted by Crippen LogP contribution is 2.07. The van der Waals surface area contributed by atoms with Crippen molar-refractivity contribution in [1.82, 2.24) is 4.90 Å². The first-order valence-electron chi connectivity index (χ1n) is 3.69. The molecule has 0 radical (unpaired) electrons. The lowest BCUT2D eigenvalue weighted by Gasteiger charge is -2.21. The van der Waals surface area contributed by atoms with E-state index in [1.165, 1.54) is 0 Å². The van der Waals surface area contributed by atoms with Crippen molar-refractivity contribution >= 4 is 0 Å². The van der Waals surface area contributed by atoms with Crippen molar-refractivity contribution in [3.8, 4) is 0 Å². The van der Waals surface area contributed by atoms with Crippen LogP contribution in [0.1, 0.15) is 12.8 Å². The maximum atomic E-state index is 12.7. The highest BCUT2D eigenvalue weighted by atomic mass is 19.1. The summed E-state index contributed by atoms with van der Waals surface area (Å²) >= 11 is 0. The maximum Gasteiger partial charge on any atom is 0.104 e. The van der Waals surface area contributed by atoms with Crippen molar-refractivity contribution in [1.29, 1.82) is 0 Å². The van der Waals surface area contributed by atoms with Gasteiger partial charge < -0.3 is 4.74 Å². The quantitative estimate of drug-likeness (QED) is 0.507. The predicted molar refractivity (Wildman–Crippen MR) is 37.6 cm³/mol. The van der Waals surface area contributed by atoms with Gasteiger partial charge in [-0.25, -0.2) is 4.39 Å². The first-order chi connectivity index (χ1) is 4.79. The standard InChI is InChI=1S/C7H14FNO/c1-9-4-2-7(8)3-5-10-6-9/h7H,2-6H2,1H3/t7-/m1/s1. The third-order valence-corrected chi connectivity index (χ3v) is 1.71. The van der Waals surface area contributed by atoms with Crippen molar-refractivity contribution < 1.29 is 9.13 Å². The van der Waals surface area contributed by atoms with Gasteiger partial charge in [-0.15, -0.1) is 0 Å². The lowest BCUT2D eigenvalue weighted by atomic mass is 10.2. The summed E-state index contributed by atoms with van der Waals surface area (Å²) in [5.41, 5.74) is 0. The monoisotopic (exact) mass is 147 g/mol. The average molecular weight is 147 g/mol. The maximum absolute atomic E-state index is 12.7. The summed E-state index contributed by atoms with van der Waals surface area (Å²) in [7, 11) is 1.94. The van der Waals surface area contributed by atoms with Gasteiger partial charge in [-0.2, -0.15) is 0 Å². The van der Waals surface area contributed by atoms with Gasteiger partial charge in [0.05, 0.1) is 13.3 Å². The van der Waals surface area contributed by atoms with E-state index in [0.717, 1.165) is 6.54 Å². The van der Waals surface area contributed by atoms with Crippen LogP contribution in [0.25, 0.3) is 0 Å². The summed E-state index contributed by atoms with van der Waals surface area (Å²) in [5, 5.41) is 0. The number of hydrogen-bond acceptors (Lipinski definition) is 2. The molecule has 0 aromatic heterocycles. The van der Waals surface area contributed by atoms with Crippen molar-refractivity contribution in [2.24, 2.45) is 0 Å². The van der Waals surface area contributed by atoms with Crippen LogP contribution in [0.4, 0.5) is 4.39 Å². The summed E-state index contributed by atoms with van der Waals surface area (Å²) in [5.74, 6) is 0. The normalized spacial score (nSPS) is 31.2. The van der Waals surface area contributed by atoms with Gasteiger partial charge in [-0.05, 0) is 13.5 Å². The van der Waals surface area contributed by atoms with Crippen LogP contribution in [0.3, 0.4) is 0 Å². The fraction of sp³-hybridized carbons (Fsp3) is 1.00. The zero-order chi connectivity index (χ0) is 7.40. The number of hydrogen-bond donors (Lipinski definition) is 0. The van der Waals surface area contributed by atoms with Gasteiger partial charge in [0, 0.05) is 13.0 Å². The van der Waals surface area contributed by atoms with Crippen LogP contribution >= 0.6 is 0 Å². The van der Waals surface area contributed by atoms with E-state index < -0.39 is 6.17 Å². The largest absolute Gasteiger partial charge is 0.366 e. The van der Waals surface area contributed by atoms with Gasteiger partial charge >= 0.3 is 0 Å². The Hall–Kier alpha value is -0.150. The van der Waals surface area contributed by atoms with E-state index in [9.17, 15) is 4.39 Å². The number of ether oxygens (including phenoxy) is 1. The smallest absolute Gasteiger partial charge is 0.104 e. The lowest BCUT2D eigenvalue weighted by Crippen LogP contribution is -2.28. The Bertz CT molecular complexity index is 87.6. The molecule has 1 atom stereocenters. The number of nitrogens with zero attached hydrogens (tertiary/aromatic N) is 1. The molecule has 60 valence electrons. The van der Waals surface area contributed by atoms with Crippen LogP contribution in [-0.4, -0.2) is 38.0 Å². The molecule has 1 rings (SSSR count). The molecule has 10 heavy (non-hydrogen) atoms. The Balaban J connectivity index is 2.23. The number of halogens is 1. The van der Waals surface area contributed by atoms with Crippen LogP contribution in [0.15, 0.2) is 0 Å². The highest BCUT2D eigenvalue weighted by Gasteiger charge is 2.11. The van der Waals surface area contributed by atoms with E-state index in [1.54, 1.807) is 0 Å². The number of alkyl halides is 1. The van der Waals surface area contributed by atoms with Crippen molar-refractivity contribution in [2.75, 3.05) is 26.9 Å². The minimum Gasteiger partial charge on any atom is -0.366 e. The van der Waals surface area contributed by atoms with Crippen LogP contribution in [0, 0.1) is 0 Å². The van der Waals surface area contributed by atoms with Crippen LogP contribution < -0.4 is 0 Å². The zero-order valence-corrected chi connectivity index (χ0v) is 6.35. The number of rotatable bonds is 0. The lowest BCUT2D eigenvalue weighted by molar-refractivity contribution is 0.0116. The van der Waals surface area contributed by atoms with Gasteiger partial charge in [0.15, 0.2) is 0 Å². The molecule has 3 heteroatoms. The van der Waals surface area contributed by atoms with E-state index in [2.05, 4.69) is 0 Å². The molecule has 0 unspecified atom stereocenters. The molecular weight excluding hydrogens is 133 g/mol. The third kappa shape index (κ3) is 2.62. The minimum atomic E-state index is -0.664. The second-order valence-corrected chi connectivity index (χ2v) is 2.79. The van der Waals surface area contributed by atoms with Crippen LogP contribution in [0.2, 0.25) is 0 Å². The fourth-order valence-electron chi connectivity index (χ4n) is 1.00. The topological polar surface area (TPSA) is 12.5 Å². The second-order valence-electron chi connectivity index (χ2n) is 2.79. The van der Waals surface area contributed by atoms with E-state index in [0.29, 0.717) is 26.2 Å². The summed E-state index contributed by atoms with van der Waals surface area (Å²) in [6.45, 7) is 2.01. The molecular formula is C7H14FNO. The minimum absolute atomic E-state index is 0.561. The summed E-state index contributed by atoms with van der Waals surface area (Å²) in [4.78, 5) is 1.99. The molecule has 0 aromatic carbocycles. The molecule has 0 N–H and O–H groups in total. The fourth-order valence-corrected chi connectivity index (χ4v) is 1.00. The third-order valence-electron chi connectivity index (χ3n) is 1.71. The molecule has 1 saturated heterocycles. The van der Waals surface area contributed by atoms with E-state index >= 15 is 0 Å². The van der Waals surface area contributed by atoms with E-state index in [4.69, 9.17) is 4.74 Å². The molecule has 1 aliphatic heterocycles. The van der Waals surface area contributed by atoms with Gasteiger partial charge in [0.25, 0.3) is 0 Å². The van der Waals surface area contributed by atoms with E-state index in [-0.39, 0.29) is 0 Å². The molecule has 0 aromatic rings. The van der Waals surface area contributed by atoms with Crippen molar-refractivity contribution in [3.05, 3.63) is 0 Å². The first kappa shape index (κ1) is 7.95. The molecule has 1 aliphatic rings. The first-order valence-corrected chi connectivity index (χ1v) is 3.69. The Morgan fingerprint density at radius 3 is 3.10 bits per heavy atom. The van der Waals surface area contributed by atoms with Gasteiger partial charge in [0.1, 0.15) is 6.17 Å². The Morgan fingerprint density at radius 2 is 2.30 bits per heavy atom. The summed E-state index contributed by atoms with van der Waals surface area (Å²) in [6.07, 6.45) is 0.552. The Labute approximate surface area is 61.0 Å². The highest BCUT2D eigenvalue weighted by molar-refractivity contribution is 4.60. The molecule has 1 heterocycles. The van der Waals surface area contributed by atoms with Crippen molar-refractivity contribution in [3.63, 3.8) is 0 Å². The Morgan fingerprint density at radius 1 is 1.50 bits per heavy atom. The van der Waals surface area contributed by atoms with Gasteiger partial charge in [0.2, 0.25) is 0 Å². The van der Waals surface area contributed by atoms with Gasteiger partial charge in [-0.3, -0.25) is 4.90 Å². The Kier molecular flexibility index (Phi) is 3.09. The van der Waals surface area contributed by atoms with Crippen LogP contribution in [-0.2, 0) is 4.74 Å². The molecule has 2 nitrogen and oxygen atoms in total. The summed E-state index contributed by atoms with van der Waals surface area (Å²) < 4.78 is 17.8.